The van der Waals surface area contributed by atoms with E-state index in [1.807, 2.05) is 26.8 Å². The van der Waals surface area contributed by atoms with Crippen LogP contribution in [0.1, 0.15) is 41.0 Å². The number of rotatable bonds is 3. The van der Waals surface area contributed by atoms with Gasteiger partial charge in [0.2, 0.25) is 0 Å². The number of carbonyl (C=O) groups is 2. The van der Waals surface area contributed by atoms with Gasteiger partial charge < -0.3 is 9.84 Å². The summed E-state index contributed by atoms with van der Waals surface area (Å²) in [5.74, 6) is -0.370. The minimum atomic E-state index is -0.934. The highest BCUT2D eigenvalue weighted by molar-refractivity contribution is 5.99. The Morgan fingerprint density at radius 1 is 1.38 bits per heavy atom. The zero-order chi connectivity index (χ0) is 18.2. The molecule has 2 aliphatic carbocycles. The summed E-state index contributed by atoms with van der Waals surface area (Å²) in [6.07, 6.45) is 2.33. The van der Waals surface area contributed by atoms with Crippen molar-refractivity contribution in [3.8, 4) is 0 Å². The first-order chi connectivity index (χ1) is 11.2. The van der Waals surface area contributed by atoms with Gasteiger partial charge in [0.1, 0.15) is 12.2 Å². The molecular weight excluding hydrogens is 304 g/mol. The smallest absolute Gasteiger partial charge is 0.333 e. The minimum absolute atomic E-state index is 0.0397. The number of aliphatic hydroxyl groups excluding tert-OH is 1. The monoisotopic (exact) mass is 332 g/mol. The van der Waals surface area contributed by atoms with E-state index in [1.54, 1.807) is 19.9 Å². The minimum Gasteiger partial charge on any atom is -0.456 e. The molecule has 0 amide bonds. The number of allylic oxidation sites excluding steroid dienone is 3. The molecule has 2 aliphatic rings. The number of hydrogen-bond acceptors (Lipinski definition) is 4. The largest absolute Gasteiger partial charge is 0.456 e. The maximum Gasteiger partial charge on any atom is 0.333 e. The van der Waals surface area contributed by atoms with E-state index in [0.717, 1.165) is 5.57 Å². The van der Waals surface area contributed by atoms with Crippen molar-refractivity contribution in [1.29, 1.82) is 0 Å². The van der Waals surface area contributed by atoms with E-state index in [1.165, 1.54) is 0 Å². The number of hydrogen-bond donors (Lipinski definition) is 1. The fraction of sp³-hybridized carbons (Fsp3) is 0.600. The molecule has 0 aromatic rings. The van der Waals surface area contributed by atoms with Crippen LogP contribution in [0.2, 0.25) is 0 Å². The van der Waals surface area contributed by atoms with Gasteiger partial charge in [-0.2, -0.15) is 0 Å². The molecule has 2 fully saturated rings. The Balaban J connectivity index is 2.44. The summed E-state index contributed by atoms with van der Waals surface area (Å²) >= 11 is 0. The molecule has 0 heterocycles. The lowest BCUT2D eigenvalue weighted by Crippen LogP contribution is -2.51. The Morgan fingerprint density at radius 2 is 2.00 bits per heavy atom. The van der Waals surface area contributed by atoms with Gasteiger partial charge in [0, 0.05) is 23.8 Å². The second-order valence-corrected chi connectivity index (χ2v) is 7.19. The first-order valence-corrected chi connectivity index (χ1v) is 8.64. The van der Waals surface area contributed by atoms with Crippen LogP contribution in [-0.4, -0.2) is 29.1 Å². The van der Waals surface area contributed by atoms with Gasteiger partial charge in [-0.15, -0.1) is 0 Å². The number of carbonyl (C=O) groups excluding carboxylic acids is 2. The number of Topliss-reactive ketones (excluding diaryl/α,β-unsaturated/α-hetero) is 1. The SMILES string of the molecule is C=C1[C@H](O)[C@@H](OC(=O)/C(C)=C\C)[C@@H](C(C)C)[C@@H]2/C(=C/C)C(=O)C[C@@H]12. The lowest BCUT2D eigenvalue weighted by atomic mass is 9.64. The highest BCUT2D eigenvalue weighted by Crippen LogP contribution is 2.52. The number of ketones is 1. The summed E-state index contributed by atoms with van der Waals surface area (Å²) in [7, 11) is 0. The van der Waals surface area contributed by atoms with Crippen LogP contribution in [0.5, 0.6) is 0 Å². The average molecular weight is 332 g/mol. The number of fused-ring (bicyclic) bond motifs is 1. The fourth-order valence-corrected chi connectivity index (χ4v) is 4.15. The third-order valence-electron chi connectivity index (χ3n) is 5.56. The molecule has 0 radical (unpaired) electrons. The average Bonchev–Trinajstić information content (AvgIpc) is 2.87. The van der Waals surface area contributed by atoms with Crippen molar-refractivity contribution in [2.75, 3.05) is 0 Å². The Bertz CT molecular complexity index is 611. The molecule has 0 aromatic heterocycles. The van der Waals surface area contributed by atoms with Crippen LogP contribution < -0.4 is 0 Å². The molecule has 5 atom stereocenters. The molecular formula is C20H28O4. The van der Waals surface area contributed by atoms with E-state index in [9.17, 15) is 14.7 Å². The predicted molar refractivity (Wildman–Crippen MR) is 93.1 cm³/mol. The highest BCUT2D eigenvalue weighted by atomic mass is 16.6. The van der Waals surface area contributed by atoms with E-state index < -0.39 is 18.2 Å². The summed E-state index contributed by atoms with van der Waals surface area (Å²) in [5.41, 5.74) is 1.90. The third kappa shape index (κ3) is 3.00. The lowest BCUT2D eigenvalue weighted by molar-refractivity contribution is -0.160. The normalized spacial score (nSPS) is 35.5. The molecule has 0 aromatic carbocycles. The van der Waals surface area contributed by atoms with Crippen LogP contribution in [-0.2, 0) is 14.3 Å². The van der Waals surface area contributed by atoms with Crippen LogP contribution in [0, 0.1) is 23.7 Å². The maximum absolute atomic E-state index is 12.4. The first kappa shape index (κ1) is 18.7. The first-order valence-electron chi connectivity index (χ1n) is 8.64. The topological polar surface area (TPSA) is 63.6 Å². The Morgan fingerprint density at radius 3 is 2.50 bits per heavy atom. The predicted octanol–water partition coefficient (Wildman–Crippen LogP) is 3.22. The van der Waals surface area contributed by atoms with Crippen molar-refractivity contribution < 1.29 is 19.4 Å². The summed E-state index contributed by atoms with van der Waals surface area (Å²) < 4.78 is 5.68. The van der Waals surface area contributed by atoms with E-state index in [-0.39, 0.29) is 29.5 Å². The molecule has 2 rings (SSSR count). The lowest BCUT2D eigenvalue weighted by Gasteiger charge is -2.45. The molecule has 2 saturated carbocycles. The van der Waals surface area contributed by atoms with Gasteiger partial charge in [-0.3, -0.25) is 4.79 Å². The molecule has 1 N–H and O–H groups in total. The Hall–Kier alpha value is -1.68. The van der Waals surface area contributed by atoms with Gasteiger partial charge in [0.05, 0.1) is 0 Å². The standard InChI is InChI=1S/C20H28O4/c1-7-11(5)20(23)24-19-16(10(3)4)17-13(8-2)15(21)9-14(17)12(6)18(19)22/h7-8,10,14,16-19,22H,6,9H2,1-5H3/b11-7-,13-8+/t14-,16-,17+,18-,19-/m0/s1. The van der Waals surface area contributed by atoms with E-state index in [0.29, 0.717) is 17.6 Å². The highest BCUT2D eigenvalue weighted by Gasteiger charge is 2.54. The second kappa shape index (κ2) is 7.06. The van der Waals surface area contributed by atoms with Crippen molar-refractivity contribution in [3.05, 3.63) is 35.5 Å². The number of esters is 1. The van der Waals surface area contributed by atoms with Gasteiger partial charge >= 0.3 is 5.97 Å². The van der Waals surface area contributed by atoms with Crippen molar-refractivity contribution in [3.63, 3.8) is 0 Å². The van der Waals surface area contributed by atoms with E-state index >= 15 is 0 Å². The van der Waals surface area contributed by atoms with Gasteiger partial charge in [-0.05, 0) is 43.8 Å². The van der Waals surface area contributed by atoms with E-state index in [2.05, 4.69) is 6.58 Å². The summed E-state index contributed by atoms with van der Waals surface area (Å²) in [5, 5.41) is 10.7. The van der Waals surface area contributed by atoms with Gasteiger partial charge in [-0.1, -0.05) is 32.6 Å². The van der Waals surface area contributed by atoms with Crippen molar-refractivity contribution in [1.82, 2.24) is 0 Å². The van der Waals surface area contributed by atoms with E-state index in [4.69, 9.17) is 4.74 Å². The van der Waals surface area contributed by atoms with Crippen molar-refractivity contribution in [2.24, 2.45) is 23.7 Å². The fourth-order valence-electron chi connectivity index (χ4n) is 4.15. The van der Waals surface area contributed by atoms with Crippen LogP contribution in [0.15, 0.2) is 35.5 Å². The zero-order valence-corrected chi connectivity index (χ0v) is 15.2. The molecule has 0 unspecified atom stereocenters. The molecule has 0 spiro atoms. The van der Waals surface area contributed by atoms with Crippen molar-refractivity contribution >= 4 is 11.8 Å². The third-order valence-corrected chi connectivity index (χ3v) is 5.56. The number of aliphatic hydroxyl groups is 1. The van der Waals surface area contributed by atoms with Crippen LogP contribution >= 0.6 is 0 Å². The van der Waals surface area contributed by atoms with Gasteiger partial charge in [0.25, 0.3) is 0 Å². The molecule has 0 aliphatic heterocycles. The zero-order valence-electron chi connectivity index (χ0n) is 15.2. The molecule has 24 heavy (non-hydrogen) atoms. The number of ether oxygens (including phenoxy) is 1. The van der Waals surface area contributed by atoms with Crippen LogP contribution in [0.3, 0.4) is 0 Å². The van der Waals surface area contributed by atoms with Crippen molar-refractivity contribution in [2.45, 2.75) is 53.2 Å². The summed E-state index contributed by atoms with van der Waals surface area (Å²) in [4.78, 5) is 24.6. The maximum atomic E-state index is 12.4. The summed E-state index contributed by atoms with van der Waals surface area (Å²) in [6.45, 7) is 13.4. The molecule has 0 saturated heterocycles. The van der Waals surface area contributed by atoms with Crippen LogP contribution in [0.25, 0.3) is 0 Å². The van der Waals surface area contributed by atoms with Crippen LogP contribution in [0.4, 0.5) is 0 Å². The molecule has 0 bridgehead atoms. The summed E-state index contributed by atoms with van der Waals surface area (Å²) in [6, 6.07) is 0. The van der Waals surface area contributed by atoms with Gasteiger partial charge in [0.15, 0.2) is 5.78 Å². The quantitative estimate of drug-likeness (QED) is 0.490. The second-order valence-electron chi connectivity index (χ2n) is 7.19. The Labute approximate surface area is 144 Å². The molecule has 4 heteroatoms. The molecule has 4 nitrogen and oxygen atoms in total. The Kier molecular flexibility index (Phi) is 5.49. The molecule has 132 valence electrons. The van der Waals surface area contributed by atoms with Gasteiger partial charge in [-0.25, -0.2) is 4.79 Å².